The first-order valence-electron chi connectivity index (χ1n) is 8.65. The number of rotatable bonds is 13. The van der Waals surface area contributed by atoms with Crippen molar-refractivity contribution in [1.82, 2.24) is 0 Å². The summed E-state index contributed by atoms with van der Waals surface area (Å²) in [6.45, 7) is 0.634. The molecule has 10 nitrogen and oxygen atoms in total. The minimum absolute atomic E-state index is 0.0420. The summed E-state index contributed by atoms with van der Waals surface area (Å²) < 4.78 is 5.45. The van der Waals surface area contributed by atoms with Crippen LogP contribution in [0, 0.1) is 20.2 Å². The molecule has 0 aliphatic rings. The van der Waals surface area contributed by atoms with E-state index in [1.807, 2.05) is 0 Å². The maximum atomic E-state index is 10.9. The molecule has 0 heterocycles. The van der Waals surface area contributed by atoms with Gasteiger partial charge in [-0.25, -0.2) is 0 Å². The summed E-state index contributed by atoms with van der Waals surface area (Å²) in [4.78, 5) is 30.3. The number of nitro groups is 2. The van der Waals surface area contributed by atoms with Crippen molar-refractivity contribution in [3.8, 4) is 11.5 Å². The normalized spacial score (nSPS) is 10.4. The van der Waals surface area contributed by atoms with E-state index in [9.17, 15) is 20.2 Å². The molecule has 0 aliphatic heterocycles. The summed E-state index contributed by atoms with van der Waals surface area (Å²) in [6, 6.07) is 12.0. The summed E-state index contributed by atoms with van der Waals surface area (Å²) in [6.07, 6.45) is 3.09. The molecular weight excluding hydrogens is 372 g/mol. The fourth-order valence-corrected chi connectivity index (χ4v) is 2.30. The first-order chi connectivity index (χ1) is 13.6. The minimum Gasteiger partial charge on any atom is -0.487 e. The second-order valence-electron chi connectivity index (χ2n) is 5.69. The Morgan fingerprint density at radius 3 is 1.89 bits per heavy atom. The highest BCUT2D eigenvalue weighted by atomic mass is 17.5. The largest absolute Gasteiger partial charge is 0.487 e. The number of benzene rings is 2. The van der Waals surface area contributed by atoms with Gasteiger partial charge in [0.2, 0.25) is 5.75 Å². The van der Waals surface area contributed by atoms with Crippen molar-refractivity contribution in [3.63, 3.8) is 0 Å². The highest BCUT2D eigenvalue weighted by molar-refractivity contribution is 5.46. The van der Waals surface area contributed by atoms with Crippen LogP contribution >= 0.6 is 0 Å². The fraction of sp³-hybridized carbons (Fsp3) is 0.333. The Morgan fingerprint density at radius 1 is 0.714 bits per heavy atom. The van der Waals surface area contributed by atoms with E-state index in [0.29, 0.717) is 13.0 Å². The lowest BCUT2D eigenvalue weighted by atomic mass is 10.2. The monoisotopic (exact) mass is 392 g/mol. The molecule has 0 saturated carbocycles. The van der Waals surface area contributed by atoms with Crippen LogP contribution < -0.4 is 9.62 Å². The molecule has 0 saturated heterocycles. The van der Waals surface area contributed by atoms with E-state index in [4.69, 9.17) is 14.5 Å². The van der Waals surface area contributed by atoms with Crippen LogP contribution in [0.3, 0.4) is 0 Å². The lowest BCUT2D eigenvalue weighted by molar-refractivity contribution is -0.470. The van der Waals surface area contributed by atoms with Gasteiger partial charge in [0.25, 0.3) is 0 Å². The molecule has 0 aliphatic carbocycles. The molecule has 2 aromatic rings. The second kappa shape index (κ2) is 11.5. The molecule has 0 unspecified atom stereocenters. The SMILES string of the molecule is O=[N+]([O-])c1ccccc1OCCCCCCOOOc1ccccc1[N+](=O)[O-]. The number of unbranched alkanes of at least 4 members (excludes halogenated alkanes) is 3. The Morgan fingerprint density at radius 2 is 1.25 bits per heavy atom. The zero-order valence-electron chi connectivity index (χ0n) is 15.0. The van der Waals surface area contributed by atoms with Crippen LogP contribution in [-0.4, -0.2) is 23.1 Å². The van der Waals surface area contributed by atoms with Crippen molar-refractivity contribution in [2.24, 2.45) is 0 Å². The molecule has 0 atom stereocenters. The maximum absolute atomic E-state index is 10.9. The van der Waals surface area contributed by atoms with Crippen LogP contribution in [0.5, 0.6) is 11.5 Å². The number of nitrogens with zero attached hydrogens (tertiary/aromatic N) is 2. The predicted octanol–water partition coefficient (Wildman–Crippen LogP) is 4.38. The first-order valence-corrected chi connectivity index (χ1v) is 8.65. The van der Waals surface area contributed by atoms with E-state index in [0.717, 1.165) is 19.3 Å². The third-order valence-electron chi connectivity index (χ3n) is 3.68. The van der Waals surface area contributed by atoms with Crippen molar-refractivity contribution in [2.75, 3.05) is 13.2 Å². The van der Waals surface area contributed by atoms with Crippen LogP contribution in [0.1, 0.15) is 25.7 Å². The van der Waals surface area contributed by atoms with Crippen LogP contribution in [0.4, 0.5) is 11.4 Å². The second-order valence-corrected chi connectivity index (χ2v) is 5.69. The molecule has 2 rings (SSSR count). The molecule has 150 valence electrons. The van der Waals surface area contributed by atoms with Gasteiger partial charge in [0.05, 0.1) is 23.1 Å². The molecule has 0 fully saturated rings. The van der Waals surface area contributed by atoms with E-state index in [1.54, 1.807) is 24.3 Å². The fourth-order valence-electron chi connectivity index (χ4n) is 2.30. The van der Waals surface area contributed by atoms with Gasteiger partial charge in [0, 0.05) is 12.1 Å². The third-order valence-corrected chi connectivity index (χ3v) is 3.68. The maximum Gasteiger partial charge on any atom is 0.315 e. The number of nitro benzene ring substituents is 2. The van der Waals surface area contributed by atoms with E-state index in [2.05, 4.69) is 5.04 Å². The summed E-state index contributed by atoms with van der Waals surface area (Å²) in [7, 11) is 0. The summed E-state index contributed by atoms with van der Waals surface area (Å²) in [5, 5.41) is 26.2. The van der Waals surface area contributed by atoms with E-state index in [-0.39, 0.29) is 29.5 Å². The van der Waals surface area contributed by atoms with E-state index < -0.39 is 9.85 Å². The molecule has 2 aromatic carbocycles. The Kier molecular flexibility index (Phi) is 8.63. The number of hydrogen-bond donors (Lipinski definition) is 0. The molecule has 0 radical (unpaired) electrons. The average molecular weight is 392 g/mol. The summed E-state index contributed by atoms with van der Waals surface area (Å²) >= 11 is 0. The van der Waals surface area contributed by atoms with Crippen LogP contribution in [-0.2, 0) is 9.93 Å². The molecule has 10 heteroatoms. The van der Waals surface area contributed by atoms with Crippen LogP contribution in [0.25, 0.3) is 0 Å². The van der Waals surface area contributed by atoms with Gasteiger partial charge in [0.15, 0.2) is 5.75 Å². The molecule has 0 spiro atoms. The van der Waals surface area contributed by atoms with Gasteiger partial charge >= 0.3 is 11.4 Å². The number of para-hydroxylation sites is 4. The molecular formula is C18H20N2O8. The molecule has 28 heavy (non-hydrogen) atoms. The molecule has 0 amide bonds. The molecule has 0 aromatic heterocycles. The van der Waals surface area contributed by atoms with Crippen LogP contribution in [0.2, 0.25) is 0 Å². The Balaban J connectivity index is 1.53. The topological polar surface area (TPSA) is 123 Å². The van der Waals surface area contributed by atoms with E-state index in [1.165, 1.54) is 24.3 Å². The molecule has 0 N–H and O–H groups in total. The van der Waals surface area contributed by atoms with Crippen molar-refractivity contribution < 1.29 is 29.4 Å². The van der Waals surface area contributed by atoms with Crippen molar-refractivity contribution in [3.05, 3.63) is 68.8 Å². The smallest absolute Gasteiger partial charge is 0.315 e. The summed E-state index contributed by atoms with van der Waals surface area (Å²) in [5.74, 6) is 0.219. The zero-order valence-corrected chi connectivity index (χ0v) is 15.0. The van der Waals surface area contributed by atoms with Gasteiger partial charge in [-0.2, -0.15) is 4.89 Å². The van der Waals surface area contributed by atoms with Crippen LogP contribution in [0.15, 0.2) is 48.5 Å². The third kappa shape index (κ3) is 6.82. The lowest BCUT2D eigenvalue weighted by Crippen LogP contribution is -2.03. The van der Waals surface area contributed by atoms with Gasteiger partial charge in [-0.1, -0.05) is 30.7 Å². The number of hydrogen-bond acceptors (Lipinski definition) is 8. The van der Waals surface area contributed by atoms with Gasteiger partial charge in [0.1, 0.15) is 0 Å². The highest BCUT2D eigenvalue weighted by Gasteiger charge is 2.15. The summed E-state index contributed by atoms with van der Waals surface area (Å²) in [5.41, 5.74) is -0.267. The Labute approximate surface area is 160 Å². The Hall–Kier alpha value is -3.24. The minimum atomic E-state index is -0.579. The van der Waals surface area contributed by atoms with E-state index >= 15 is 0 Å². The lowest BCUT2D eigenvalue weighted by Gasteiger charge is -2.06. The zero-order chi connectivity index (χ0) is 20.2. The van der Waals surface area contributed by atoms with Gasteiger partial charge in [-0.3, -0.25) is 20.2 Å². The van der Waals surface area contributed by atoms with Crippen molar-refractivity contribution in [2.45, 2.75) is 25.7 Å². The van der Waals surface area contributed by atoms with Crippen molar-refractivity contribution >= 4 is 11.4 Å². The standard InChI is InChI=1S/C18H20N2O8/c21-19(22)15-9-3-5-11-17(15)25-13-7-1-2-8-14-26-28-27-18-12-6-4-10-16(18)20(23)24/h3-6,9-12H,1-2,7-8,13-14H2. The number of ether oxygens (including phenoxy) is 1. The highest BCUT2D eigenvalue weighted by Crippen LogP contribution is 2.26. The van der Waals surface area contributed by atoms with Gasteiger partial charge in [-0.05, 0) is 36.4 Å². The average Bonchev–Trinajstić information content (AvgIpc) is 2.69. The Bertz CT molecular complexity index is 718. The quantitative estimate of drug-likeness (QED) is 0.213. The first kappa shape index (κ1) is 21.1. The van der Waals surface area contributed by atoms with Gasteiger partial charge in [-0.15, -0.1) is 0 Å². The van der Waals surface area contributed by atoms with Gasteiger partial charge < -0.3 is 9.62 Å². The molecule has 0 bridgehead atoms. The predicted molar refractivity (Wildman–Crippen MR) is 97.8 cm³/mol. The van der Waals surface area contributed by atoms with Crippen molar-refractivity contribution in [1.29, 1.82) is 0 Å².